The number of aromatic nitrogens is 1. The molecule has 0 amide bonds. The van der Waals surface area contributed by atoms with Gasteiger partial charge in [0.1, 0.15) is 5.75 Å². The number of hydrogen-bond donors (Lipinski definition) is 0. The van der Waals surface area contributed by atoms with Crippen LogP contribution >= 0.6 is 22.7 Å². The molecule has 1 aromatic carbocycles. The average molecular weight is 384 g/mol. The summed E-state index contributed by atoms with van der Waals surface area (Å²) in [5.41, 5.74) is 3.00. The van der Waals surface area contributed by atoms with Gasteiger partial charge in [0.2, 0.25) is 4.80 Å². The molecule has 0 unspecified atom stereocenters. The Morgan fingerprint density at radius 3 is 2.81 bits per heavy atom. The molecule has 134 valence electrons. The van der Waals surface area contributed by atoms with Crippen molar-refractivity contribution in [2.24, 2.45) is 10.1 Å². The monoisotopic (exact) mass is 383 g/mol. The summed E-state index contributed by atoms with van der Waals surface area (Å²) in [6, 6.07) is 12.0. The fourth-order valence-corrected chi connectivity index (χ4v) is 3.94. The van der Waals surface area contributed by atoms with E-state index in [1.807, 2.05) is 55.1 Å². The minimum absolute atomic E-state index is 0.593. The number of nitrogens with zero attached hydrogens (tertiary/aromatic N) is 3. The van der Waals surface area contributed by atoms with Crippen molar-refractivity contribution in [2.75, 3.05) is 13.2 Å². The van der Waals surface area contributed by atoms with Gasteiger partial charge in [0.15, 0.2) is 0 Å². The van der Waals surface area contributed by atoms with Gasteiger partial charge >= 0.3 is 0 Å². The minimum atomic E-state index is 0.593. The highest BCUT2D eigenvalue weighted by Gasteiger charge is 2.08. The third-order valence-electron chi connectivity index (χ3n) is 3.47. The second-order valence-corrected chi connectivity index (χ2v) is 7.47. The first-order valence-electron chi connectivity index (χ1n) is 8.34. The molecule has 4 nitrogen and oxygen atoms in total. The van der Waals surface area contributed by atoms with Gasteiger partial charge < -0.3 is 4.74 Å². The van der Waals surface area contributed by atoms with Crippen LogP contribution in [0.3, 0.4) is 0 Å². The van der Waals surface area contributed by atoms with Crippen LogP contribution in [0, 0.1) is 0 Å². The quantitative estimate of drug-likeness (QED) is 0.416. The maximum atomic E-state index is 5.69. The number of ether oxygens (including phenoxy) is 1. The van der Waals surface area contributed by atoms with Crippen molar-refractivity contribution in [2.45, 2.75) is 13.8 Å². The molecule has 2 heterocycles. The zero-order valence-corrected chi connectivity index (χ0v) is 16.5. The normalized spacial score (nSPS) is 12.0. The molecule has 0 spiro atoms. The van der Waals surface area contributed by atoms with Crippen LogP contribution in [-0.2, 0) is 0 Å². The van der Waals surface area contributed by atoms with Crippen molar-refractivity contribution in [3.8, 4) is 16.3 Å². The minimum Gasteiger partial charge on any atom is -0.493 e. The predicted octanol–water partition coefficient (Wildman–Crippen LogP) is 5.04. The van der Waals surface area contributed by atoms with Crippen LogP contribution in [-0.4, -0.2) is 24.0 Å². The summed E-state index contributed by atoms with van der Waals surface area (Å²) in [5, 5.41) is 8.88. The van der Waals surface area contributed by atoms with Gasteiger partial charge in [-0.2, -0.15) is 5.10 Å². The molecule has 0 fully saturated rings. The molecule has 0 aliphatic heterocycles. The zero-order chi connectivity index (χ0) is 18.4. The van der Waals surface area contributed by atoms with Gasteiger partial charge in [0.05, 0.1) is 29.9 Å². The van der Waals surface area contributed by atoms with E-state index in [1.165, 1.54) is 0 Å². The van der Waals surface area contributed by atoms with E-state index in [-0.39, 0.29) is 0 Å². The Kier molecular flexibility index (Phi) is 6.20. The first kappa shape index (κ1) is 18.4. The highest BCUT2D eigenvalue weighted by atomic mass is 32.1. The van der Waals surface area contributed by atoms with E-state index in [0.717, 1.165) is 32.3 Å². The van der Waals surface area contributed by atoms with Crippen molar-refractivity contribution in [3.05, 3.63) is 69.7 Å². The van der Waals surface area contributed by atoms with Crippen LogP contribution < -0.4 is 9.54 Å². The third-order valence-corrected chi connectivity index (χ3v) is 5.22. The van der Waals surface area contributed by atoms with Gasteiger partial charge in [-0.15, -0.1) is 22.7 Å². The molecule has 3 rings (SSSR count). The van der Waals surface area contributed by atoms with E-state index in [4.69, 9.17) is 9.84 Å². The lowest BCUT2D eigenvalue weighted by Gasteiger charge is -2.06. The SMILES string of the molecule is C=C(C)CN=c1scc(-c2cccs2)n1N=Cc1ccccc1OCC. The van der Waals surface area contributed by atoms with Gasteiger partial charge in [-0.05, 0) is 37.4 Å². The number of para-hydroxylation sites is 1. The van der Waals surface area contributed by atoms with Crippen LogP contribution in [0.15, 0.2) is 69.4 Å². The standard InChI is InChI=1S/C20H21N3OS2/c1-4-24-18-9-6-5-8-16(18)13-22-23-17(19-10-7-11-25-19)14-26-20(23)21-12-15(2)3/h5-11,13-14H,2,4,12H2,1,3H3. The van der Waals surface area contributed by atoms with Crippen LogP contribution in [0.2, 0.25) is 0 Å². The number of hydrogen-bond acceptors (Lipinski definition) is 5. The molecule has 0 aliphatic carbocycles. The second-order valence-electron chi connectivity index (χ2n) is 5.68. The molecule has 0 N–H and O–H groups in total. The highest BCUT2D eigenvalue weighted by Crippen LogP contribution is 2.25. The van der Waals surface area contributed by atoms with E-state index < -0.39 is 0 Å². The second kappa shape index (κ2) is 8.78. The summed E-state index contributed by atoms with van der Waals surface area (Å²) < 4.78 is 7.58. The molecule has 0 radical (unpaired) electrons. The molecule has 2 aromatic heterocycles. The third kappa shape index (κ3) is 4.39. The van der Waals surface area contributed by atoms with E-state index in [1.54, 1.807) is 22.7 Å². The van der Waals surface area contributed by atoms with Crippen LogP contribution in [0.4, 0.5) is 0 Å². The van der Waals surface area contributed by atoms with E-state index in [0.29, 0.717) is 13.2 Å². The molecule has 0 aliphatic rings. The zero-order valence-electron chi connectivity index (χ0n) is 14.9. The first-order chi connectivity index (χ1) is 12.7. The van der Waals surface area contributed by atoms with E-state index in [2.05, 4.69) is 28.4 Å². The van der Waals surface area contributed by atoms with Gasteiger partial charge in [0.25, 0.3) is 0 Å². The molecular weight excluding hydrogens is 362 g/mol. The Morgan fingerprint density at radius 1 is 1.23 bits per heavy atom. The predicted molar refractivity (Wildman–Crippen MR) is 111 cm³/mol. The summed E-state index contributed by atoms with van der Waals surface area (Å²) in [4.78, 5) is 6.66. The molecule has 6 heteroatoms. The van der Waals surface area contributed by atoms with Crippen molar-refractivity contribution in [1.82, 2.24) is 4.68 Å². The summed E-state index contributed by atoms with van der Waals surface area (Å²) in [7, 11) is 0. The summed E-state index contributed by atoms with van der Waals surface area (Å²) in [5.74, 6) is 0.827. The van der Waals surface area contributed by atoms with Crippen molar-refractivity contribution >= 4 is 28.9 Å². The molecule has 0 atom stereocenters. The Morgan fingerprint density at radius 2 is 2.08 bits per heavy atom. The maximum Gasteiger partial charge on any atom is 0.206 e. The fourth-order valence-electron chi connectivity index (χ4n) is 2.31. The van der Waals surface area contributed by atoms with Gasteiger partial charge in [0, 0.05) is 10.9 Å². The van der Waals surface area contributed by atoms with E-state index >= 15 is 0 Å². The Balaban J connectivity index is 2.04. The number of benzene rings is 1. The number of rotatable bonds is 7. The summed E-state index contributed by atoms with van der Waals surface area (Å²) >= 11 is 3.27. The van der Waals surface area contributed by atoms with Gasteiger partial charge in [-0.25, -0.2) is 4.68 Å². The van der Waals surface area contributed by atoms with Crippen molar-refractivity contribution in [1.29, 1.82) is 0 Å². The van der Waals surface area contributed by atoms with Gasteiger partial charge in [-0.1, -0.05) is 30.4 Å². The molecule has 0 saturated heterocycles. The van der Waals surface area contributed by atoms with Crippen molar-refractivity contribution < 1.29 is 4.74 Å². The fraction of sp³-hybridized carbons (Fsp3) is 0.200. The lowest BCUT2D eigenvalue weighted by atomic mass is 10.2. The largest absolute Gasteiger partial charge is 0.493 e. The Hall–Kier alpha value is -2.44. The number of thiophene rings is 1. The van der Waals surface area contributed by atoms with Crippen LogP contribution in [0.5, 0.6) is 5.75 Å². The first-order valence-corrected chi connectivity index (χ1v) is 10.1. The van der Waals surface area contributed by atoms with Gasteiger partial charge in [-0.3, -0.25) is 4.99 Å². The lowest BCUT2D eigenvalue weighted by molar-refractivity contribution is 0.340. The Labute approximate surface area is 161 Å². The summed E-state index contributed by atoms with van der Waals surface area (Å²) in [6.45, 7) is 9.10. The highest BCUT2D eigenvalue weighted by molar-refractivity contribution is 7.14. The molecule has 3 aromatic rings. The lowest BCUT2D eigenvalue weighted by Crippen LogP contribution is -2.12. The molecule has 0 saturated carbocycles. The topological polar surface area (TPSA) is 38.9 Å². The molecule has 26 heavy (non-hydrogen) atoms. The number of thiazole rings is 1. The summed E-state index contributed by atoms with van der Waals surface area (Å²) in [6.07, 6.45) is 1.83. The van der Waals surface area contributed by atoms with Crippen molar-refractivity contribution in [3.63, 3.8) is 0 Å². The smallest absolute Gasteiger partial charge is 0.206 e. The Bertz CT molecular complexity index is 965. The van der Waals surface area contributed by atoms with Crippen LogP contribution in [0.1, 0.15) is 19.4 Å². The molecular formula is C20H21N3OS2. The average Bonchev–Trinajstić information content (AvgIpc) is 3.29. The molecule has 0 bridgehead atoms. The van der Waals surface area contributed by atoms with E-state index in [9.17, 15) is 0 Å². The van der Waals surface area contributed by atoms with Crippen LogP contribution in [0.25, 0.3) is 10.6 Å². The maximum absolute atomic E-state index is 5.69.